The number of hydrogen-bond donors (Lipinski definition) is 6. The molecular formula is C17H18ClN5O6. The summed E-state index contributed by atoms with van der Waals surface area (Å²) in [5.41, 5.74) is 0.977. The summed E-state index contributed by atoms with van der Waals surface area (Å²) in [5.74, 6) is -0.245. The lowest BCUT2D eigenvalue weighted by molar-refractivity contribution is -0.0511. The number of anilines is 1. The van der Waals surface area contributed by atoms with Crippen LogP contribution < -0.4 is 5.32 Å². The molecule has 4 rings (SSSR count). The Morgan fingerprint density at radius 3 is 2.69 bits per heavy atom. The molecule has 4 atom stereocenters. The van der Waals surface area contributed by atoms with Crippen LogP contribution in [-0.2, 0) is 11.3 Å². The van der Waals surface area contributed by atoms with Crippen LogP contribution >= 0.6 is 11.6 Å². The van der Waals surface area contributed by atoms with Crippen LogP contribution in [-0.4, -0.2) is 70.0 Å². The number of aromatic nitrogens is 4. The lowest BCUT2D eigenvalue weighted by atomic mass is 10.1. The number of nitrogens with one attached hydrogen (secondary N) is 1. The predicted octanol–water partition coefficient (Wildman–Crippen LogP) is 0.114. The van der Waals surface area contributed by atoms with Crippen LogP contribution in [0.1, 0.15) is 11.8 Å². The molecule has 11 nitrogen and oxygen atoms in total. The lowest BCUT2D eigenvalue weighted by Gasteiger charge is -2.16. The summed E-state index contributed by atoms with van der Waals surface area (Å²) in [4.78, 5) is 12.5. The number of halogens is 1. The molecule has 29 heavy (non-hydrogen) atoms. The molecule has 6 N–H and O–H groups in total. The number of aromatic hydroxyl groups is 2. The highest BCUT2D eigenvalue weighted by Gasteiger charge is 2.44. The number of imidazole rings is 1. The fourth-order valence-corrected chi connectivity index (χ4v) is 3.37. The van der Waals surface area contributed by atoms with Crippen molar-refractivity contribution in [2.45, 2.75) is 31.1 Å². The van der Waals surface area contributed by atoms with E-state index in [4.69, 9.17) is 16.3 Å². The van der Waals surface area contributed by atoms with E-state index >= 15 is 0 Å². The van der Waals surface area contributed by atoms with E-state index in [1.807, 2.05) is 0 Å². The van der Waals surface area contributed by atoms with Crippen LogP contribution in [0, 0.1) is 0 Å². The molecule has 3 heterocycles. The van der Waals surface area contributed by atoms with E-state index in [-0.39, 0.29) is 34.8 Å². The van der Waals surface area contributed by atoms with Crippen LogP contribution in [0.2, 0.25) is 5.28 Å². The summed E-state index contributed by atoms with van der Waals surface area (Å²) in [5, 5.41) is 51.9. The van der Waals surface area contributed by atoms with E-state index in [1.165, 1.54) is 17.0 Å². The number of ether oxygens (including phenoxy) is 1. The standard InChI is InChI=1S/C17H18ClN5O6/c18-17-21-14(19-4-7-2-1-3-8(25)11(7)26)10-15(22-17)23(6-20-10)16-13(28)12(27)9(5-24)29-16/h1-3,6,9,12-13,16,24-28H,4-5H2,(H,19,21,22)/t9-,12-,13-,16-/m1/s1. The Hall–Kier alpha value is -2.70. The number of benzene rings is 1. The van der Waals surface area contributed by atoms with Crippen LogP contribution in [0.5, 0.6) is 11.5 Å². The smallest absolute Gasteiger partial charge is 0.226 e. The second-order valence-corrected chi connectivity index (χ2v) is 6.87. The van der Waals surface area contributed by atoms with Crippen molar-refractivity contribution in [1.82, 2.24) is 19.5 Å². The highest BCUT2D eigenvalue weighted by atomic mass is 35.5. The summed E-state index contributed by atoms with van der Waals surface area (Å²) in [6.07, 6.45) is -3.20. The first-order valence-corrected chi connectivity index (χ1v) is 9.04. The topological polar surface area (TPSA) is 166 Å². The predicted molar refractivity (Wildman–Crippen MR) is 100 cm³/mol. The third-order valence-electron chi connectivity index (χ3n) is 4.73. The molecule has 0 saturated carbocycles. The monoisotopic (exact) mass is 423 g/mol. The Morgan fingerprint density at radius 2 is 1.97 bits per heavy atom. The largest absolute Gasteiger partial charge is 0.504 e. The maximum absolute atomic E-state index is 10.3. The molecule has 154 valence electrons. The van der Waals surface area contributed by atoms with Crippen molar-refractivity contribution in [3.8, 4) is 11.5 Å². The van der Waals surface area contributed by atoms with Gasteiger partial charge < -0.3 is 35.6 Å². The molecule has 2 aromatic heterocycles. The Balaban J connectivity index is 1.66. The SMILES string of the molecule is OC[C@H]1O[C@@H](n2cnc3c(NCc4cccc(O)c4O)nc(Cl)nc32)[C@H](O)[C@@H]1O. The molecule has 0 radical (unpaired) electrons. The number of fused-ring (bicyclic) bond motifs is 1. The van der Waals surface area contributed by atoms with Gasteiger partial charge >= 0.3 is 0 Å². The lowest BCUT2D eigenvalue weighted by Crippen LogP contribution is -2.33. The number of para-hydroxylation sites is 1. The molecule has 0 spiro atoms. The van der Waals surface area contributed by atoms with Gasteiger partial charge in [0.15, 0.2) is 34.7 Å². The number of aliphatic hydroxyl groups is 3. The molecule has 1 aliphatic heterocycles. The second kappa shape index (κ2) is 7.61. The highest BCUT2D eigenvalue weighted by Crippen LogP contribution is 2.33. The Labute approximate surface area is 168 Å². The second-order valence-electron chi connectivity index (χ2n) is 6.53. The van der Waals surface area contributed by atoms with E-state index in [0.29, 0.717) is 11.1 Å². The van der Waals surface area contributed by atoms with Gasteiger partial charge in [-0.2, -0.15) is 9.97 Å². The zero-order valence-corrected chi connectivity index (χ0v) is 15.6. The van der Waals surface area contributed by atoms with Gasteiger partial charge in [0.1, 0.15) is 18.3 Å². The molecule has 0 aliphatic carbocycles. The van der Waals surface area contributed by atoms with Gasteiger partial charge in [0.05, 0.1) is 12.9 Å². The average molecular weight is 424 g/mol. The minimum absolute atomic E-state index is 0.103. The molecule has 1 aliphatic rings. The van der Waals surface area contributed by atoms with Crippen LogP contribution in [0.4, 0.5) is 5.82 Å². The molecular weight excluding hydrogens is 406 g/mol. The van der Waals surface area contributed by atoms with Crippen molar-refractivity contribution in [2.24, 2.45) is 0 Å². The summed E-state index contributed by atoms with van der Waals surface area (Å²) in [6, 6.07) is 4.58. The first kappa shape index (κ1) is 19.6. The fraction of sp³-hybridized carbons (Fsp3) is 0.353. The number of hydrogen-bond acceptors (Lipinski definition) is 10. The molecule has 1 saturated heterocycles. The number of phenols is 2. The van der Waals surface area contributed by atoms with Gasteiger partial charge in [-0.05, 0) is 17.7 Å². The maximum atomic E-state index is 10.3. The normalized spacial score (nSPS) is 24.3. The van der Waals surface area contributed by atoms with Crippen molar-refractivity contribution in [3.05, 3.63) is 35.4 Å². The molecule has 0 unspecified atom stereocenters. The zero-order valence-electron chi connectivity index (χ0n) is 14.8. The minimum atomic E-state index is -1.31. The van der Waals surface area contributed by atoms with Crippen molar-refractivity contribution >= 4 is 28.6 Å². The van der Waals surface area contributed by atoms with Gasteiger partial charge in [0.2, 0.25) is 5.28 Å². The number of phenolic OH excluding ortho intramolecular Hbond substituents is 2. The van der Waals surface area contributed by atoms with Crippen molar-refractivity contribution < 1.29 is 30.3 Å². The molecule has 12 heteroatoms. The summed E-state index contributed by atoms with van der Waals surface area (Å²) >= 11 is 6.03. The number of rotatable bonds is 5. The van der Waals surface area contributed by atoms with E-state index in [0.717, 1.165) is 0 Å². The molecule has 3 aromatic rings. The quantitative estimate of drug-likeness (QED) is 0.245. The Kier molecular flexibility index (Phi) is 5.15. The first-order valence-electron chi connectivity index (χ1n) is 8.67. The Morgan fingerprint density at radius 1 is 1.17 bits per heavy atom. The fourth-order valence-electron chi connectivity index (χ4n) is 3.21. The van der Waals surface area contributed by atoms with E-state index in [9.17, 15) is 25.5 Å². The third kappa shape index (κ3) is 3.43. The van der Waals surface area contributed by atoms with Gasteiger partial charge in [-0.25, -0.2) is 4.98 Å². The van der Waals surface area contributed by atoms with Crippen molar-refractivity contribution in [3.63, 3.8) is 0 Å². The molecule has 0 amide bonds. The highest BCUT2D eigenvalue weighted by molar-refractivity contribution is 6.28. The third-order valence-corrected chi connectivity index (χ3v) is 4.90. The van der Waals surface area contributed by atoms with Gasteiger partial charge in [-0.15, -0.1) is 0 Å². The molecule has 1 aromatic carbocycles. The minimum Gasteiger partial charge on any atom is -0.504 e. The number of aliphatic hydroxyl groups excluding tert-OH is 3. The maximum Gasteiger partial charge on any atom is 0.226 e. The van der Waals surface area contributed by atoms with Crippen LogP contribution in [0.3, 0.4) is 0 Å². The van der Waals surface area contributed by atoms with Crippen LogP contribution in [0.15, 0.2) is 24.5 Å². The van der Waals surface area contributed by atoms with Gasteiger partial charge in [0.25, 0.3) is 0 Å². The van der Waals surface area contributed by atoms with Crippen LogP contribution in [0.25, 0.3) is 11.2 Å². The van der Waals surface area contributed by atoms with Crippen molar-refractivity contribution in [1.29, 1.82) is 0 Å². The average Bonchev–Trinajstić information content (AvgIpc) is 3.24. The summed E-state index contributed by atoms with van der Waals surface area (Å²) in [7, 11) is 0. The molecule has 0 bridgehead atoms. The number of nitrogens with zero attached hydrogens (tertiary/aromatic N) is 4. The summed E-state index contributed by atoms with van der Waals surface area (Å²) in [6.45, 7) is -0.347. The van der Waals surface area contributed by atoms with Gasteiger partial charge in [-0.3, -0.25) is 4.57 Å². The van der Waals surface area contributed by atoms with E-state index in [2.05, 4.69) is 20.3 Å². The summed E-state index contributed by atoms with van der Waals surface area (Å²) < 4.78 is 6.91. The van der Waals surface area contributed by atoms with Gasteiger partial charge in [-0.1, -0.05) is 12.1 Å². The zero-order chi connectivity index (χ0) is 20.7. The van der Waals surface area contributed by atoms with E-state index < -0.39 is 31.1 Å². The van der Waals surface area contributed by atoms with Crippen molar-refractivity contribution in [2.75, 3.05) is 11.9 Å². The first-order chi connectivity index (χ1) is 13.9. The van der Waals surface area contributed by atoms with Gasteiger partial charge in [0, 0.05) is 12.1 Å². The molecule has 1 fully saturated rings. The van der Waals surface area contributed by atoms with E-state index in [1.54, 1.807) is 12.1 Å². The Bertz CT molecular complexity index is 1050.